The minimum atomic E-state index is -0.205. The van der Waals surface area contributed by atoms with Crippen molar-refractivity contribution >= 4 is 11.7 Å². The van der Waals surface area contributed by atoms with Crippen LogP contribution in [-0.4, -0.2) is 27.4 Å². The highest BCUT2D eigenvalue weighted by molar-refractivity contribution is 5.89. The number of amides is 2. The molecular weight excluding hydrogens is 352 g/mol. The molecule has 0 aliphatic carbocycles. The zero-order valence-corrected chi connectivity index (χ0v) is 15.7. The maximum Gasteiger partial charge on any atom is 0.322 e. The molecule has 0 bridgehead atoms. The number of nitrogens with zero attached hydrogens (tertiary/aromatic N) is 2. The second-order valence-corrected chi connectivity index (χ2v) is 7.07. The number of carbonyl (C=O) groups is 1. The van der Waals surface area contributed by atoms with Crippen LogP contribution in [0, 0.1) is 6.92 Å². The lowest BCUT2D eigenvalue weighted by molar-refractivity contribution is 0.205. The number of aromatic nitrogens is 2. The lowest BCUT2D eigenvalue weighted by atomic mass is 10.1. The van der Waals surface area contributed by atoms with Crippen LogP contribution in [0.3, 0.4) is 0 Å². The van der Waals surface area contributed by atoms with Crippen LogP contribution in [0.4, 0.5) is 10.5 Å². The van der Waals surface area contributed by atoms with Crippen LogP contribution in [0.15, 0.2) is 59.4 Å². The number of anilines is 1. The lowest BCUT2D eigenvalue weighted by Gasteiger charge is -2.28. The van der Waals surface area contributed by atoms with Crippen molar-refractivity contribution in [2.24, 2.45) is 0 Å². The summed E-state index contributed by atoms with van der Waals surface area (Å²) in [4.78, 5) is 34.4. The fraction of sp³-hybridized carbons (Fsp3) is 0.227. The Hall–Kier alpha value is -3.41. The smallest absolute Gasteiger partial charge is 0.320 e. The van der Waals surface area contributed by atoms with Crippen LogP contribution in [-0.2, 0) is 19.4 Å². The number of hydrogen-bond donors (Lipinski definition) is 2. The first-order valence-corrected chi connectivity index (χ1v) is 9.36. The zero-order valence-electron chi connectivity index (χ0n) is 15.7. The molecule has 1 aromatic heterocycles. The van der Waals surface area contributed by atoms with Crippen LogP contribution in [0.5, 0.6) is 0 Å². The first-order chi connectivity index (χ1) is 13.6. The third-order valence-electron chi connectivity index (χ3n) is 4.89. The van der Waals surface area contributed by atoms with Crippen molar-refractivity contribution in [3.63, 3.8) is 0 Å². The van der Waals surface area contributed by atoms with Gasteiger partial charge < -0.3 is 15.2 Å². The molecule has 2 heterocycles. The third-order valence-corrected chi connectivity index (χ3v) is 4.89. The van der Waals surface area contributed by atoms with Crippen molar-refractivity contribution in [3.8, 4) is 0 Å². The van der Waals surface area contributed by atoms with E-state index in [9.17, 15) is 9.59 Å². The van der Waals surface area contributed by atoms with E-state index in [0.29, 0.717) is 30.8 Å². The molecule has 142 valence electrons. The van der Waals surface area contributed by atoms with Gasteiger partial charge in [0, 0.05) is 25.1 Å². The molecule has 0 unspecified atom stereocenters. The number of carbonyl (C=O) groups excluding carboxylic acids is 1. The SMILES string of the molecule is Cc1cccc(NC(=O)N2CCc3nc(Cc4ccccc4)[nH]c(=O)c3C2)c1. The zero-order chi connectivity index (χ0) is 19.5. The Balaban J connectivity index is 1.49. The number of nitrogens with one attached hydrogen (secondary N) is 2. The van der Waals surface area contributed by atoms with Crippen LogP contribution >= 0.6 is 0 Å². The van der Waals surface area contributed by atoms with Gasteiger partial charge in [0.05, 0.1) is 17.8 Å². The van der Waals surface area contributed by atoms with Gasteiger partial charge in [-0.25, -0.2) is 9.78 Å². The summed E-state index contributed by atoms with van der Waals surface area (Å²) in [6, 6.07) is 17.4. The number of fused-ring (bicyclic) bond motifs is 1. The number of aromatic amines is 1. The van der Waals surface area contributed by atoms with E-state index in [1.54, 1.807) is 4.90 Å². The molecule has 6 heteroatoms. The molecule has 0 spiro atoms. The Kier molecular flexibility index (Phi) is 4.93. The van der Waals surface area contributed by atoms with Gasteiger partial charge in [-0.1, -0.05) is 42.5 Å². The summed E-state index contributed by atoms with van der Waals surface area (Å²) >= 11 is 0. The van der Waals surface area contributed by atoms with Crippen LogP contribution in [0.1, 0.15) is 28.2 Å². The monoisotopic (exact) mass is 374 g/mol. The Morgan fingerprint density at radius 2 is 2.00 bits per heavy atom. The number of urea groups is 1. The molecule has 2 aromatic carbocycles. The number of benzene rings is 2. The largest absolute Gasteiger partial charge is 0.322 e. The molecule has 1 aliphatic heterocycles. The number of H-pyrrole nitrogens is 1. The van der Waals surface area contributed by atoms with Crippen molar-refractivity contribution in [1.82, 2.24) is 14.9 Å². The van der Waals surface area contributed by atoms with Gasteiger partial charge in [0.2, 0.25) is 0 Å². The van der Waals surface area contributed by atoms with Crippen molar-refractivity contribution in [2.45, 2.75) is 26.3 Å². The highest BCUT2D eigenvalue weighted by Gasteiger charge is 2.24. The number of rotatable bonds is 3. The second-order valence-electron chi connectivity index (χ2n) is 7.07. The summed E-state index contributed by atoms with van der Waals surface area (Å²) in [6.45, 7) is 2.78. The summed E-state index contributed by atoms with van der Waals surface area (Å²) < 4.78 is 0. The van der Waals surface area contributed by atoms with Gasteiger partial charge in [-0.15, -0.1) is 0 Å². The van der Waals surface area contributed by atoms with Gasteiger partial charge in [-0.3, -0.25) is 4.79 Å². The highest BCUT2D eigenvalue weighted by Crippen LogP contribution is 2.17. The van der Waals surface area contributed by atoms with Gasteiger partial charge in [-0.2, -0.15) is 0 Å². The minimum absolute atomic E-state index is 0.163. The fourth-order valence-electron chi connectivity index (χ4n) is 3.45. The molecule has 1 aliphatic rings. The first-order valence-electron chi connectivity index (χ1n) is 9.36. The third kappa shape index (κ3) is 3.96. The molecule has 0 saturated heterocycles. The molecule has 2 N–H and O–H groups in total. The van der Waals surface area contributed by atoms with E-state index < -0.39 is 0 Å². The molecule has 0 fully saturated rings. The van der Waals surface area contributed by atoms with Crippen molar-refractivity contribution in [1.29, 1.82) is 0 Å². The minimum Gasteiger partial charge on any atom is -0.320 e. The molecule has 0 saturated carbocycles. The van der Waals surface area contributed by atoms with E-state index in [0.717, 1.165) is 22.5 Å². The Morgan fingerprint density at radius 3 is 2.79 bits per heavy atom. The maximum atomic E-state index is 12.6. The fourth-order valence-corrected chi connectivity index (χ4v) is 3.45. The van der Waals surface area contributed by atoms with E-state index >= 15 is 0 Å². The van der Waals surface area contributed by atoms with Gasteiger partial charge in [0.15, 0.2) is 0 Å². The van der Waals surface area contributed by atoms with Crippen molar-refractivity contribution in [2.75, 3.05) is 11.9 Å². The van der Waals surface area contributed by atoms with Crippen LogP contribution in [0.2, 0.25) is 0 Å². The standard InChI is InChI=1S/C22H22N4O2/c1-15-6-5-9-17(12-15)23-22(28)26-11-10-19-18(14-26)21(27)25-20(24-19)13-16-7-3-2-4-8-16/h2-9,12H,10-11,13-14H2,1H3,(H,23,28)(H,24,25,27). The molecule has 4 rings (SSSR count). The van der Waals surface area contributed by atoms with E-state index in [4.69, 9.17) is 0 Å². The molecule has 3 aromatic rings. The molecule has 2 amide bonds. The Labute approximate surface area is 163 Å². The topological polar surface area (TPSA) is 78.1 Å². The average Bonchev–Trinajstić information content (AvgIpc) is 2.68. The van der Waals surface area contributed by atoms with Gasteiger partial charge in [0.25, 0.3) is 5.56 Å². The molecule has 0 radical (unpaired) electrons. The second kappa shape index (κ2) is 7.68. The van der Waals surface area contributed by atoms with E-state index in [1.807, 2.05) is 61.5 Å². The first kappa shape index (κ1) is 18.0. The summed E-state index contributed by atoms with van der Waals surface area (Å²) in [6.07, 6.45) is 1.16. The van der Waals surface area contributed by atoms with E-state index in [2.05, 4.69) is 15.3 Å². The lowest BCUT2D eigenvalue weighted by Crippen LogP contribution is -2.42. The van der Waals surface area contributed by atoms with E-state index in [-0.39, 0.29) is 18.1 Å². The number of aryl methyl sites for hydroxylation is 1. The molecule has 0 atom stereocenters. The average molecular weight is 374 g/mol. The normalized spacial score (nSPS) is 13.1. The quantitative estimate of drug-likeness (QED) is 0.739. The maximum absolute atomic E-state index is 12.6. The van der Waals surface area contributed by atoms with Gasteiger partial charge >= 0.3 is 6.03 Å². The van der Waals surface area contributed by atoms with Crippen LogP contribution < -0.4 is 10.9 Å². The van der Waals surface area contributed by atoms with Crippen molar-refractivity contribution < 1.29 is 4.79 Å². The highest BCUT2D eigenvalue weighted by atomic mass is 16.2. The number of hydrogen-bond acceptors (Lipinski definition) is 3. The molecule has 28 heavy (non-hydrogen) atoms. The summed E-state index contributed by atoms with van der Waals surface area (Å²) in [7, 11) is 0. The van der Waals surface area contributed by atoms with Gasteiger partial charge in [-0.05, 0) is 30.2 Å². The van der Waals surface area contributed by atoms with Crippen LogP contribution in [0.25, 0.3) is 0 Å². The summed E-state index contributed by atoms with van der Waals surface area (Å²) in [5.41, 5.74) is 4.12. The van der Waals surface area contributed by atoms with Crippen molar-refractivity contribution in [3.05, 3.63) is 93.2 Å². The van der Waals surface area contributed by atoms with E-state index in [1.165, 1.54) is 0 Å². The van der Waals surface area contributed by atoms with Gasteiger partial charge in [0.1, 0.15) is 5.82 Å². The molecule has 6 nitrogen and oxygen atoms in total. The predicted octanol–water partition coefficient (Wildman–Crippen LogP) is 3.26. The Bertz CT molecular complexity index is 1060. The predicted molar refractivity (Wildman–Crippen MR) is 108 cm³/mol. The molecular formula is C22H22N4O2. The Morgan fingerprint density at radius 1 is 1.18 bits per heavy atom. The summed E-state index contributed by atoms with van der Waals surface area (Å²) in [5, 5.41) is 2.90. The summed E-state index contributed by atoms with van der Waals surface area (Å²) in [5.74, 6) is 0.660.